The molecule has 0 bridgehead atoms. The smallest absolute Gasteiger partial charge is 0.376 e. The molecule has 0 aliphatic rings. The summed E-state index contributed by atoms with van der Waals surface area (Å²) in [7, 11) is 0. The third-order valence-corrected chi connectivity index (χ3v) is 1.92. The molecule has 0 saturated carbocycles. The van der Waals surface area contributed by atoms with E-state index < -0.39 is 23.5 Å². The maximum Gasteiger partial charge on any atom is 0.376 e. The van der Waals surface area contributed by atoms with Crippen LogP contribution >= 0.6 is 0 Å². The van der Waals surface area contributed by atoms with E-state index in [9.17, 15) is 19.5 Å². The summed E-state index contributed by atoms with van der Waals surface area (Å²) in [6, 6.07) is 3.91. The first-order chi connectivity index (χ1) is 7.93. The number of hydrogen-bond acceptors (Lipinski definition) is 4. The highest BCUT2D eigenvalue weighted by Gasteiger charge is 2.12. The average Bonchev–Trinajstić information content (AvgIpc) is 2.26. The van der Waals surface area contributed by atoms with Crippen LogP contribution < -0.4 is 0 Å². The van der Waals surface area contributed by atoms with Crippen molar-refractivity contribution < 1.29 is 29.7 Å². The van der Waals surface area contributed by atoms with E-state index in [4.69, 9.17) is 10.2 Å². The van der Waals surface area contributed by atoms with Gasteiger partial charge >= 0.3 is 11.9 Å². The van der Waals surface area contributed by atoms with Crippen LogP contribution in [0.4, 0.5) is 0 Å². The predicted octanol–water partition coefficient (Wildman–Crippen LogP) is 0.757. The van der Waals surface area contributed by atoms with Crippen LogP contribution in [0.1, 0.15) is 15.9 Å². The van der Waals surface area contributed by atoms with Gasteiger partial charge in [0.05, 0.1) is 0 Å². The number of carboxylic acid groups (broad SMARTS) is 2. The third-order valence-electron chi connectivity index (χ3n) is 1.92. The number of carbonyl (C=O) groups is 3. The molecule has 1 rings (SSSR count). The van der Waals surface area contributed by atoms with Crippen LogP contribution in [0, 0.1) is 0 Å². The lowest BCUT2D eigenvalue weighted by Crippen LogP contribution is -2.08. The molecule has 0 heterocycles. The zero-order chi connectivity index (χ0) is 13.0. The second kappa shape index (κ2) is 4.93. The van der Waals surface area contributed by atoms with Crippen molar-refractivity contribution in [3.05, 3.63) is 35.4 Å². The van der Waals surface area contributed by atoms with Gasteiger partial charge < -0.3 is 15.3 Å². The van der Waals surface area contributed by atoms with Gasteiger partial charge in [-0.2, -0.15) is 0 Å². The number of benzene rings is 1. The fraction of sp³-hybridized carbons (Fsp3) is 0. The Morgan fingerprint density at radius 3 is 2.29 bits per heavy atom. The minimum atomic E-state index is -1.63. The Balaban J connectivity index is 3.08. The van der Waals surface area contributed by atoms with Crippen molar-refractivity contribution in [1.82, 2.24) is 0 Å². The van der Waals surface area contributed by atoms with E-state index in [0.717, 1.165) is 12.2 Å². The standard InChI is InChI=1S/C11H8O6/c12-8(11(16)17)5-4-6-2-1-3-7(9(6)13)10(14)15/h1-5,13H,(H,14,15)(H,16,17)/b5-4-. The lowest BCUT2D eigenvalue weighted by molar-refractivity contribution is -0.146. The molecule has 6 heteroatoms. The number of carboxylic acids is 2. The van der Waals surface area contributed by atoms with Crippen LogP contribution in [0.3, 0.4) is 0 Å². The van der Waals surface area contributed by atoms with Crippen LogP contribution in [0.25, 0.3) is 6.08 Å². The zero-order valence-electron chi connectivity index (χ0n) is 8.45. The SMILES string of the molecule is O=C(O)C(=O)/C=C\c1cccc(C(=O)O)c1O. The Bertz CT molecular complexity index is 515. The van der Waals surface area contributed by atoms with Crippen molar-refractivity contribution in [2.75, 3.05) is 0 Å². The van der Waals surface area contributed by atoms with Gasteiger partial charge in [-0.25, -0.2) is 9.59 Å². The van der Waals surface area contributed by atoms with Gasteiger partial charge in [-0.05, 0) is 18.2 Å². The summed E-state index contributed by atoms with van der Waals surface area (Å²) in [5.41, 5.74) is -0.269. The summed E-state index contributed by atoms with van der Waals surface area (Å²) in [4.78, 5) is 31.7. The van der Waals surface area contributed by atoms with E-state index in [2.05, 4.69) is 0 Å². The fourth-order valence-corrected chi connectivity index (χ4v) is 1.11. The Hall–Kier alpha value is -2.63. The quantitative estimate of drug-likeness (QED) is 0.525. The maximum absolute atomic E-state index is 10.8. The molecule has 1 aromatic rings. The molecule has 0 radical (unpaired) electrons. The fourth-order valence-electron chi connectivity index (χ4n) is 1.11. The lowest BCUT2D eigenvalue weighted by Gasteiger charge is -2.02. The highest BCUT2D eigenvalue weighted by atomic mass is 16.4. The minimum Gasteiger partial charge on any atom is -0.506 e. The molecule has 6 nitrogen and oxygen atoms in total. The van der Waals surface area contributed by atoms with Gasteiger partial charge in [0.1, 0.15) is 11.3 Å². The van der Waals surface area contributed by atoms with E-state index in [1.54, 1.807) is 0 Å². The maximum atomic E-state index is 10.8. The molecular formula is C11H8O6. The van der Waals surface area contributed by atoms with Crippen molar-refractivity contribution >= 4 is 23.8 Å². The number of aliphatic carboxylic acids is 1. The highest BCUT2D eigenvalue weighted by Crippen LogP contribution is 2.23. The van der Waals surface area contributed by atoms with Gasteiger partial charge in [0, 0.05) is 5.56 Å². The third kappa shape index (κ3) is 2.91. The van der Waals surface area contributed by atoms with Gasteiger partial charge in [-0.15, -0.1) is 0 Å². The summed E-state index contributed by atoms with van der Waals surface area (Å²) in [6.07, 6.45) is 1.78. The molecular weight excluding hydrogens is 228 g/mol. The number of hydrogen-bond donors (Lipinski definition) is 3. The minimum absolute atomic E-state index is 0.0551. The van der Waals surface area contributed by atoms with Gasteiger partial charge in [-0.3, -0.25) is 4.79 Å². The largest absolute Gasteiger partial charge is 0.506 e. The first-order valence-corrected chi connectivity index (χ1v) is 4.44. The number of aromatic carboxylic acids is 1. The van der Waals surface area contributed by atoms with Gasteiger partial charge in [0.25, 0.3) is 5.78 Å². The molecule has 17 heavy (non-hydrogen) atoms. The molecule has 0 saturated heterocycles. The summed E-state index contributed by atoms with van der Waals surface area (Å²) in [5.74, 6) is -4.63. The van der Waals surface area contributed by atoms with Crippen LogP contribution in [-0.4, -0.2) is 33.0 Å². The van der Waals surface area contributed by atoms with E-state index in [1.165, 1.54) is 18.2 Å². The second-order valence-electron chi connectivity index (χ2n) is 3.05. The number of phenols is 1. The topological polar surface area (TPSA) is 112 Å². The molecule has 1 aromatic carbocycles. The lowest BCUT2D eigenvalue weighted by atomic mass is 10.1. The number of carbonyl (C=O) groups excluding carboxylic acids is 1. The molecule has 0 amide bonds. The Kier molecular flexibility index (Phi) is 3.61. The molecule has 0 atom stereocenters. The van der Waals surface area contributed by atoms with Crippen LogP contribution in [-0.2, 0) is 9.59 Å². The van der Waals surface area contributed by atoms with Crippen molar-refractivity contribution in [3.8, 4) is 5.75 Å². The molecule has 0 fully saturated rings. The van der Waals surface area contributed by atoms with Crippen molar-refractivity contribution in [1.29, 1.82) is 0 Å². The van der Waals surface area contributed by atoms with E-state index in [1.807, 2.05) is 0 Å². The van der Waals surface area contributed by atoms with Crippen LogP contribution in [0.15, 0.2) is 24.3 Å². The first kappa shape index (κ1) is 12.4. The van der Waals surface area contributed by atoms with Crippen molar-refractivity contribution in [2.24, 2.45) is 0 Å². The summed E-state index contributed by atoms with van der Waals surface area (Å²) >= 11 is 0. The molecule has 0 aliphatic carbocycles. The number of ketones is 1. The second-order valence-corrected chi connectivity index (χ2v) is 3.05. The van der Waals surface area contributed by atoms with Crippen LogP contribution in [0.2, 0.25) is 0 Å². The summed E-state index contributed by atoms with van der Waals surface area (Å²) in [6.45, 7) is 0. The van der Waals surface area contributed by atoms with E-state index in [0.29, 0.717) is 0 Å². The van der Waals surface area contributed by atoms with E-state index in [-0.39, 0.29) is 11.1 Å². The Labute approximate surface area is 95.4 Å². The van der Waals surface area contributed by atoms with Crippen LogP contribution in [0.5, 0.6) is 5.75 Å². The molecule has 3 N–H and O–H groups in total. The number of rotatable bonds is 4. The van der Waals surface area contributed by atoms with Gasteiger partial charge in [0.2, 0.25) is 0 Å². The predicted molar refractivity (Wildman–Crippen MR) is 56.7 cm³/mol. The molecule has 0 aromatic heterocycles. The first-order valence-electron chi connectivity index (χ1n) is 4.44. The molecule has 0 unspecified atom stereocenters. The van der Waals surface area contributed by atoms with Crippen molar-refractivity contribution in [2.45, 2.75) is 0 Å². The molecule has 0 aliphatic heterocycles. The number of para-hydroxylation sites is 1. The highest BCUT2D eigenvalue weighted by molar-refractivity contribution is 6.38. The van der Waals surface area contributed by atoms with Crippen molar-refractivity contribution in [3.63, 3.8) is 0 Å². The van der Waals surface area contributed by atoms with Gasteiger partial charge in [0.15, 0.2) is 0 Å². The van der Waals surface area contributed by atoms with E-state index >= 15 is 0 Å². The monoisotopic (exact) mass is 236 g/mol. The summed E-state index contributed by atoms with van der Waals surface area (Å²) < 4.78 is 0. The zero-order valence-corrected chi connectivity index (χ0v) is 8.45. The Morgan fingerprint density at radius 2 is 1.76 bits per heavy atom. The molecule has 88 valence electrons. The molecule has 0 spiro atoms. The Morgan fingerprint density at radius 1 is 1.12 bits per heavy atom. The van der Waals surface area contributed by atoms with Gasteiger partial charge in [-0.1, -0.05) is 12.1 Å². The number of aromatic hydroxyl groups is 1. The normalized spacial score (nSPS) is 10.4. The summed E-state index contributed by atoms with van der Waals surface area (Å²) in [5, 5.41) is 26.5. The average molecular weight is 236 g/mol.